The minimum Gasteiger partial charge on any atom is -0.393 e. The summed E-state index contributed by atoms with van der Waals surface area (Å²) in [6.45, 7) is 6.92. The van der Waals surface area contributed by atoms with Crippen LogP contribution in [0.25, 0.3) is 0 Å². The Morgan fingerprint density at radius 3 is 2.40 bits per heavy atom. The van der Waals surface area contributed by atoms with Crippen molar-refractivity contribution < 1.29 is 23.4 Å². The summed E-state index contributed by atoms with van der Waals surface area (Å²) in [5.41, 5.74) is -2.12. The van der Waals surface area contributed by atoms with E-state index < -0.39 is 32.6 Å². The molecule has 3 aromatic rings. The van der Waals surface area contributed by atoms with Gasteiger partial charge in [-0.3, -0.25) is 4.79 Å². The fraction of sp³-hybridized carbons (Fsp3) is 0.553. The number of thiophene rings is 3. The molecule has 0 amide bonds. The summed E-state index contributed by atoms with van der Waals surface area (Å²) in [5, 5.41) is 27.7. The van der Waals surface area contributed by atoms with Crippen LogP contribution in [0.3, 0.4) is 0 Å². The molecule has 6 aliphatic rings. The molecule has 2 spiro atoms. The molecule has 1 unspecified atom stereocenters. The summed E-state index contributed by atoms with van der Waals surface area (Å²) in [4.78, 5) is 17.7. The van der Waals surface area contributed by atoms with Gasteiger partial charge in [-0.1, -0.05) is 44.2 Å². The number of hydrogen-bond donors (Lipinski definition) is 2. The standard InChI is InChI=1S/C38H45NO5S4/c1-25-8-9-29(47-25)33(41)28-23-36-17-18-38(28)30(34(36,2)14-10-26(40)22-36)11-15-35(3)31(38)12-16-37(35,42)24-39(19-13-27-6-4-20-45-27)48(43,44)32-7-5-21-46-32/h4-9,17-18,20-21,23,26,30-31,40,42H,10-16,19,22,24H2,1-3H3/t26?,30-,31-,34-,35+,36+,37-,38-/m1/s1. The number of rotatable bonds is 9. The van der Waals surface area contributed by atoms with Gasteiger partial charge in [-0.15, -0.1) is 34.0 Å². The molecule has 2 N–H and O–H groups in total. The molecule has 256 valence electrons. The highest BCUT2D eigenvalue weighted by Gasteiger charge is 2.74. The normalized spacial score (nSPS) is 38.5. The van der Waals surface area contributed by atoms with Gasteiger partial charge in [0.15, 0.2) is 5.78 Å². The molecule has 0 aliphatic heterocycles. The third-order valence-electron chi connectivity index (χ3n) is 13.6. The molecule has 3 fully saturated rings. The van der Waals surface area contributed by atoms with E-state index in [0.29, 0.717) is 36.4 Å². The first kappa shape index (κ1) is 33.2. The summed E-state index contributed by atoms with van der Waals surface area (Å²) in [6.07, 6.45) is 12.2. The van der Waals surface area contributed by atoms with Crippen LogP contribution in [0.2, 0.25) is 0 Å². The molecular weight excluding hydrogens is 679 g/mol. The Balaban J connectivity index is 1.21. The molecule has 6 nitrogen and oxygen atoms in total. The lowest BCUT2D eigenvalue weighted by atomic mass is 9.32. The van der Waals surface area contributed by atoms with Crippen molar-refractivity contribution in [1.82, 2.24) is 4.31 Å². The van der Waals surface area contributed by atoms with Gasteiger partial charge in [-0.2, -0.15) is 4.31 Å². The topological polar surface area (TPSA) is 94.9 Å². The van der Waals surface area contributed by atoms with Crippen LogP contribution in [0, 0.1) is 40.4 Å². The number of nitrogens with zero attached hydrogens (tertiary/aromatic N) is 1. The molecule has 10 heteroatoms. The molecule has 48 heavy (non-hydrogen) atoms. The zero-order chi connectivity index (χ0) is 33.7. The van der Waals surface area contributed by atoms with Crippen LogP contribution in [0.4, 0.5) is 0 Å². The number of sulfonamides is 1. The summed E-state index contributed by atoms with van der Waals surface area (Å²) in [6, 6.07) is 11.4. The largest absolute Gasteiger partial charge is 0.393 e. The number of hydrogen-bond acceptors (Lipinski definition) is 8. The number of aryl methyl sites for hydroxylation is 1. The van der Waals surface area contributed by atoms with Gasteiger partial charge in [0.05, 0.1) is 16.6 Å². The van der Waals surface area contributed by atoms with Gasteiger partial charge in [0.2, 0.25) is 0 Å². The molecule has 3 aromatic heterocycles. The first-order valence-electron chi connectivity index (χ1n) is 17.3. The third kappa shape index (κ3) is 4.55. The minimum atomic E-state index is -3.83. The first-order chi connectivity index (χ1) is 22.8. The second-order valence-electron chi connectivity index (χ2n) is 15.6. The predicted octanol–water partition coefficient (Wildman–Crippen LogP) is 7.89. The van der Waals surface area contributed by atoms with Crippen molar-refractivity contribution >= 4 is 49.8 Å². The molecule has 0 aromatic carbocycles. The number of carbonyl (C=O) groups is 1. The highest BCUT2D eigenvalue weighted by atomic mass is 32.2. The molecule has 0 radical (unpaired) electrons. The average Bonchev–Trinajstić information content (AvgIpc) is 3.88. The van der Waals surface area contributed by atoms with Crippen LogP contribution < -0.4 is 0 Å². The van der Waals surface area contributed by atoms with Gasteiger partial charge >= 0.3 is 0 Å². The smallest absolute Gasteiger partial charge is 0.252 e. The number of allylic oxidation sites excluding steroid dienone is 4. The number of aliphatic hydroxyl groups is 2. The minimum absolute atomic E-state index is 0.0284. The Hall–Kier alpha value is -1.92. The summed E-state index contributed by atoms with van der Waals surface area (Å²) in [5.74, 6) is 0.228. The van der Waals surface area contributed by atoms with Crippen molar-refractivity contribution in [2.24, 2.45) is 33.5 Å². The lowest BCUT2D eigenvalue weighted by Gasteiger charge is -2.71. The van der Waals surface area contributed by atoms with Gasteiger partial charge in [0.1, 0.15) is 4.21 Å². The molecule has 3 heterocycles. The lowest BCUT2D eigenvalue weighted by molar-refractivity contribution is -0.173. The lowest BCUT2D eigenvalue weighted by Crippen LogP contribution is -2.67. The Bertz CT molecular complexity index is 1890. The van der Waals surface area contributed by atoms with Crippen molar-refractivity contribution in [3.8, 4) is 0 Å². The number of Topliss-reactive ketones (excluding diaryl/α,β-unsaturated/α-hetero) is 1. The van der Waals surface area contributed by atoms with E-state index >= 15 is 0 Å². The highest BCUT2D eigenvalue weighted by Crippen LogP contribution is 2.78. The Morgan fingerprint density at radius 1 is 0.958 bits per heavy atom. The fourth-order valence-electron chi connectivity index (χ4n) is 11.1. The summed E-state index contributed by atoms with van der Waals surface area (Å²) in [7, 11) is -3.83. The van der Waals surface area contributed by atoms with Gasteiger partial charge in [-0.05, 0) is 111 Å². The predicted molar refractivity (Wildman–Crippen MR) is 193 cm³/mol. The third-order valence-corrected chi connectivity index (χ3v) is 18.8. The van der Waals surface area contributed by atoms with Crippen LogP contribution in [0.5, 0.6) is 0 Å². The van der Waals surface area contributed by atoms with Crippen LogP contribution in [0.1, 0.15) is 78.2 Å². The summed E-state index contributed by atoms with van der Waals surface area (Å²) < 4.78 is 30.2. The number of carbonyl (C=O) groups excluding carboxylic acids is 1. The zero-order valence-electron chi connectivity index (χ0n) is 27.9. The monoisotopic (exact) mass is 723 g/mol. The van der Waals surface area contributed by atoms with E-state index in [2.05, 4.69) is 32.1 Å². The van der Waals surface area contributed by atoms with E-state index in [-0.39, 0.29) is 35.0 Å². The zero-order valence-corrected chi connectivity index (χ0v) is 31.1. The second-order valence-corrected chi connectivity index (χ2v) is 21.1. The van der Waals surface area contributed by atoms with Crippen molar-refractivity contribution in [2.45, 2.75) is 88.1 Å². The Kier molecular flexibility index (Phi) is 7.82. The number of aliphatic hydroxyl groups excluding tert-OH is 1. The van der Waals surface area contributed by atoms with Gasteiger partial charge in [-0.25, -0.2) is 8.42 Å². The molecular formula is C38H45NO5S4. The van der Waals surface area contributed by atoms with E-state index in [9.17, 15) is 23.4 Å². The SMILES string of the molecule is Cc1ccc(C(=O)C2=C[C@@]34C=C[C@@]25[C@@H]2CC[C@@](O)(CN(CCc6cccs6)S(=O)(=O)c6cccs6)[C@@]2(C)CC[C@@H]5[C@@]3(C)CCC(O)C4)s1. The van der Waals surface area contributed by atoms with Crippen LogP contribution in [-0.2, 0) is 16.4 Å². The molecule has 0 saturated heterocycles. The quantitative estimate of drug-likeness (QED) is 0.173. The van der Waals surface area contributed by atoms with E-state index in [4.69, 9.17) is 0 Å². The number of fused-ring (bicyclic) bond motifs is 1. The van der Waals surface area contributed by atoms with E-state index in [0.717, 1.165) is 45.9 Å². The molecule has 2 bridgehead atoms. The van der Waals surface area contributed by atoms with E-state index in [1.807, 2.05) is 36.6 Å². The van der Waals surface area contributed by atoms with Crippen molar-refractivity contribution in [3.05, 3.63) is 85.6 Å². The maximum Gasteiger partial charge on any atom is 0.252 e. The van der Waals surface area contributed by atoms with E-state index in [1.54, 1.807) is 33.2 Å². The second kappa shape index (κ2) is 11.3. The van der Waals surface area contributed by atoms with E-state index in [1.165, 1.54) is 22.7 Å². The average molecular weight is 724 g/mol. The Morgan fingerprint density at radius 2 is 1.69 bits per heavy atom. The molecule has 8 atom stereocenters. The van der Waals surface area contributed by atoms with Gasteiger partial charge in [0.25, 0.3) is 10.0 Å². The van der Waals surface area contributed by atoms with Gasteiger partial charge < -0.3 is 10.2 Å². The molecule has 9 rings (SSSR count). The van der Waals surface area contributed by atoms with Crippen molar-refractivity contribution in [3.63, 3.8) is 0 Å². The van der Waals surface area contributed by atoms with Crippen LogP contribution in [-0.4, -0.2) is 53.5 Å². The van der Waals surface area contributed by atoms with Crippen LogP contribution >= 0.6 is 34.0 Å². The molecule has 3 saturated carbocycles. The van der Waals surface area contributed by atoms with Crippen LogP contribution in [0.15, 0.2) is 75.2 Å². The van der Waals surface area contributed by atoms with Crippen molar-refractivity contribution in [2.75, 3.05) is 13.1 Å². The highest BCUT2D eigenvalue weighted by molar-refractivity contribution is 7.91. The maximum atomic E-state index is 14.7. The summed E-state index contributed by atoms with van der Waals surface area (Å²) >= 11 is 4.37. The van der Waals surface area contributed by atoms with Gasteiger partial charge in [0, 0.05) is 44.7 Å². The fourth-order valence-corrected chi connectivity index (χ4v) is 15.2. The Labute approximate surface area is 296 Å². The molecule has 6 aliphatic carbocycles. The van der Waals surface area contributed by atoms with Crippen molar-refractivity contribution in [1.29, 1.82) is 0 Å². The number of ketones is 1. The first-order valence-corrected chi connectivity index (χ1v) is 21.3. The maximum absolute atomic E-state index is 14.7.